The van der Waals surface area contributed by atoms with Gasteiger partial charge in [-0.2, -0.15) is 13.2 Å². The monoisotopic (exact) mass is 653 g/mol. The Bertz CT molecular complexity index is 1780. The second-order valence-electron chi connectivity index (χ2n) is 14.7. The summed E-state index contributed by atoms with van der Waals surface area (Å²) in [5.41, 5.74) is -1.09. The molecule has 1 saturated carbocycles. The molecule has 3 aromatic heterocycles. The molecule has 0 aromatic carbocycles. The van der Waals surface area contributed by atoms with Crippen LogP contribution in [0.25, 0.3) is 11.2 Å². The fourth-order valence-electron chi connectivity index (χ4n) is 8.01. The van der Waals surface area contributed by atoms with Crippen LogP contribution in [-0.2, 0) is 24.5 Å². The number of amides is 1. The van der Waals surface area contributed by atoms with E-state index in [9.17, 15) is 22.8 Å². The minimum absolute atomic E-state index is 0.0328. The Morgan fingerprint density at radius 3 is 2.40 bits per heavy atom. The first-order valence-corrected chi connectivity index (χ1v) is 16.6. The molecule has 2 bridgehead atoms. The van der Waals surface area contributed by atoms with Gasteiger partial charge in [0.05, 0.1) is 11.1 Å². The van der Waals surface area contributed by atoms with Crippen LogP contribution in [0.15, 0.2) is 47.8 Å². The highest BCUT2D eigenvalue weighted by atomic mass is 19.4. The van der Waals surface area contributed by atoms with Crippen LogP contribution in [0.3, 0.4) is 0 Å². The van der Waals surface area contributed by atoms with Gasteiger partial charge in [0.15, 0.2) is 0 Å². The minimum atomic E-state index is -4.65. The highest BCUT2D eigenvalue weighted by molar-refractivity contribution is 5.70. The summed E-state index contributed by atoms with van der Waals surface area (Å²) in [5, 5.41) is 8.51. The Morgan fingerprint density at radius 1 is 1.09 bits per heavy atom. The summed E-state index contributed by atoms with van der Waals surface area (Å²) in [4.78, 5) is 30.6. The molecular formula is C34H42F3N7O3. The van der Waals surface area contributed by atoms with E-state index in [1.165, 1.54) is 16.8 Å². The van der Waals surface area contributed by atoms with Crippen molar-refractivity contribution < 1.29 is 22.7 Å². The topological polar surface area (TPSA) is 89.9 Å². The molecule has 0 radical (unpaired) electrons. The van der Waals surface area contributed by atoms with Gasteiger partial charge in [-0.3, -0.25) is 18.8 Å². The number of hydrogen-bond donors (Lipinski definition) is 0. The molecule has 3 fully saturated rings. The molecule has 5 heterocycles. The molecular weight excluding hydrogens is 611 g/mol. The zero-order valence-corrected chi connectivity index (χ0v) is 27.3. The Balaban J connectivity index is 1.16. The number of aryl methyl sites for hydroxylation is 1. The molecule has 10 nitrogen and oxygen atoms in total. The van der Waals surface area contributed by atoms with E-state index in [1.54, 1.807) is 17.4 Å². The van der Waals surface area contributed by atoms with Gasteiger partial charge in [-0.05, 0) is 82.4 Å². The Morgan fingerprint density at radius 2 is 1.81 bits per heavy atom. The molecule has 13 heteroatoms. The summed E-state index contributed by atoms with van der Waals surface area (Å²) in [6, 6.07) is 1.03. The summed E-state index contributed by atoms with van der Waals surface area (Å²) in [5.74, 6) is 1.47. The van der Waals surface area contributed by atoms with Crippen molar-refractivity contribution in [2.45, 2.75) is 95.6 Å². The van der Waals surface area contributed by atoms with E-state index >= 15 is 0 Å². The lowest BCUT2D eigenvalue weighted by Gasteiger charge is -2.41. The molecule has 47 heavy (non-hydrogen) atoms. The lowest BCUT2D eigenvalue weighted by atomic mass is 9.68. The molecule has 3 aromatic rings. The van der Waals surface area contributed by atoms with Crippen LogP contribution in [-0.4, -0.2) is 70.4 Å². The highest BCUT2D eigenvalue weighted by Gasteiger charge is 2.44. The molecule has 7 rings (SSSR count). The number of likely N-dealkylation sites (tertiary alicyclic amines) is 1. The molecule has 0 N–H and O–H groups in total. The van der Waals surface area contributed by atoms with Crippen molar-refractivity contribution in [3.63, 3.8) is 0 Å². The number of imidazole rings is 1. The normalized spacial score (nSPS) is 24.4. The standard InChI is InChI=1S/C34H42F3N7O3/c1-33(2,3)47-32(46)44-25-11-12-26(44)18-41(17-25)15-21-13-27(34(35,36)37)28-19-42(31(45)43(28)16-21)24-10-6-9-23(14-24)29(22-7-5-8-22)30-39-38-20-40(30)4/h6,9-10,13,16,19-20,22-23,25-26,29H,5,7-8,11-12,14-15,17-18H2,1-4H3/t23?,25?,26?,29-/m1/s1. The third-order valence-corrected chi connectivity index (χ3v) is 10.3. The zero-order chi connectivity index (χ0) is 33.2. The van der Waals surface area contributed by atoms with E-state index in [2.05, 4.69) is 21.2 Å². The first kappa shape index (κ1) is 31.7. The summed E-state index contributed by atoms with van der Waals surface area (Å²) < 4.78 is 53.7. The number of aromatic nitrogens is 5. The molecule has 2 aliphatic carbocycles. The van der Waals surface area contributed by atoms with Crippen molar-refractivity contribution in [2.75, 3.05) is 13.1 Å². The van der Waals surface area contributed by atoms with Crippen molar-refractivity contribution in [3.8, 4) is 0 Å². The van der Waals surface area contributed by atoms with Gasteiger partial charge in [-0.1, -0.05) is 18.6 Å². The van der Waals surface area contributed by atoms with Crippen molar-refractivity contribution in [3.05, 3.63) is 70.5 Å². The summed E-state index contributed by atoms with van der Waals surface area (Å²) in [6.07, 6.45) is 10.9. The highest BCUT2D eigenvalue weighted by Crippen LogP contribution is 2.46. The average Bonchev–Trinajstić information content (AvgIpc) is 3.62. The molecule has 252 valence electrons. The van der Waals surface area contributed by atoms with Crippen LogP contribution in [0.5, 0.6) is 0 Å². The summed E-state index contributed by atoms with van der Waals surface area (Å²) in [6.45, 7) is 6.79. The number of rotatable bonds is 6. The van der Waals surface area contributed by atoms with Crippen LogP contribution in [0.4, 0.5) is 18.0 Å². The number of nitrogens with zero attached hydrogens (tertiary/aromatic N) is 7. The maximum Gasteiger partial charge on any atom is 0.418 e. The molecule has 4 atom stereocenters. The zero-order valence-electron chi connectivity index (χ0n) is 27.3. The van der Waals surface area contributed by atoms with Gasteiger partial charge in [0, 0.05) is 62.8 Å². The fraction of sp³-hybridized carbons (Fsp3) is 0.588. The van der Waals surface area contributed by atoms with Crippen LogP contribution < -0.4 is 5.69 Å². The maximum absolute atomic E-state index is 14.5. The van der Waals surface area contributed by atoms with Gasteiger partial charge in [0.25, 0.3) is 0 Å². The first-order chi connectivity index (χ1) is 22.3. The number of carbonyl (C=O) groups excluding carboxylic acids is 1. The number of piperazine rings is 1. The number of alkyl halides is 3. The average molecular weight is 654 g/mol. The number of pyridine rings is 1. The molecule has 0 spiro atoms. The van der Waals surface area contributed by atoms with Gasteiger partial charge >= 0.3 is 18.0 Å². The maximum atomic E-state index is 14.5. The summed E-state index contributed by atoms with van der Waals surface area (Å²) in [7, 11) is 1.93. The Labute approximate surface area is 271 Å². The lowest BCUT2D eigenvalue weighted by molar-refractivity contribution is -0.136. The van der Waals surface area contributed by atoms with Crippen molar-refractivity contribution in [2.24, 2.45) is 18.9 Å². The molecule has 1 amide bonds. The second-order valence-corrected chi connectivity index (χ2v) is 14.7. The van der Waals surface area contributed by atoms with E-state index in [0.717, 1.165) is 42.3 Å². The van der Waals surface area contributed by atoms with E-state index in [0.29, 0.717) is 36.7 Å². The van der Waals surface area contributed by atoms with Gasteiger partial charge in [0.2, 0.25) is 0 Å². The Kier molecular flexibility index (Phi) is 7.88. The van der Waals surface area contributed by atoms with E-state index in [1.807, 2.05) is 44.5 Å². The number of allylic oxidation sites excluding steroid dienone is 4. The number of ether oxygens (including phenoxy) is 1. The van der Waals surface area contributed by atoms with E-state index < -0.39 is 23.0 Å². The van der Waals surface area contributed by atoms with Gasteiger partial charge in [-0.15, -0.1) is 10.2 Å². The SMILES string of the molecule is Cn1cnnc1[C@@H](C1C=CC=C(n2cc3c(C(F)(F)F)cc(CN4CC5CCC(C4)N5C(=O)OC(C)(C)C)cn3c2=O)C1)C1CCC1. The van der Waals surface area contributed by atoms with Crippen molar-refractivity contribution in [1.29, 1.82) is 0 Å². The smallest absolute Gasteiger partial charge is 0.418 e. The Hall–Kier alpha value is -3.87. The number of halogens is 3. The van der Waals surface area contributed by atoms with Crippen LogP contribution in [0.1, 0.15) is 82.2 Å². The molecule has 2 saturated heterocycles. The van der Waals surface area contributed by atoms with Crippen molar-refractivity contribution >= 4 is 17.3 Å². The van der Waals surface area contributed by atoms with Crippen LogP contribution in [0.2, 0.25) is 0 Å². The third-order valence-electron chi connectivity index (χ3n) is 10.3. The third kappa shape index (κ3) is 6.02. The molecule has 3 unspecified atom stereocenters. The van der Waals surface area contributed by atoms with E-state index in [-0.39, 0.29) is 42.1 Å². The number of carbonyl (C=O) groups is 1. The minimum Gasteiger partial charge on any atom is -0.444 e. The predicted molar refractivity (Wildman–Crippen MR) is 169 cm³/mol. The predicted octanol–water partition coefficient (Wildman–Crippen LogP) is 5.83. The van der Waals surface area contributed by atoms with Gasteiger partial charge in [0.1, 0.15) is 17.8 Å². The summed E-state index contributed by atoms with van der Waals surface area (Å²) >= 11 is 0. The van der Waals surface area contributed by atoms with Crippen LogP contribution >= 0.6 is 0 Å². The van der Waals surface area contributed by atoms with Crippen LogP contribution in [0, 0.1) is 11.8 Å². The fourth-order valence-corrected chi connectivity index (χ4v) is 8.01. The molecule has 4 aliphatic rings. The van der Waals surface area contributed by atoms with Crippen molar-refractivity contribution in [1.82, 2.24) is 33.5 Å². The quantitative estimate of drug-likeness (QED) is 0.333. The first-order valence-electron chi connectivity index (χ1n) is 16.6. The van der Waals surface area contributed by atoms with Gasteiger partial charge < -0.3 is 9.30 Å². The molecule has 2 aliphatic heterocycles. The lowest BCUT2D eigenvalue weighted by Crippen LogP contribution is -2.56. The number of fused-ring (bicyclic) bond motifs is 3. The number of hydrogen-bond acceptors (Lipinski definition) is 6. The second kappa shape index (κ2) is 11.7. The largest absolute Gasteiger partial charge is 0.444 e. The van der Waals surface area contributed by atoms with Gasteiger partial charge in [-0.25, -0.2) is 9.59 Å². The van der Waals surface area contributed by atoms with E-state index in [4.69, 9.17) is 4.74 Å².